The third kappa shape index (κ3) is 6.83. The van der Waals surface area contributed by atoms with E-state index in [-0.39, 0.29) is 18.3 Å². The number of carboxylic acids is 1. The lowest BCUT2D eigenvalue weighted by Gasteiger charge is -2.14. The molecule has 1 aliphatic rings. The van der Waals surface area contributed by atoms with Gasteiger partial charge in [-0.15, -0.1) is 0 Å². The number of Topliss-reactive ketones (excluding diaryl/α,β-unsaturated/α-hetero) is 1. The molecule has 2 unspecified atom stereocenters. The van der Waals surface area contributed by atoms with E-state index in [4.69, 9.17) is 28.3 Å². The van der Waals surface area contributed by atoms with Crippen molar-refractivity contribution in [2.75, 3.05) is 0 Å². The second kappa shape index (κ2) is 9.98. The Kier molecular flexibility index (Phi) is 7.98. The van der Waals surface area contributed by atoms with Crippen molar-refractivity contribution >= 4 is 41.0 Å². The van der Waals surface area contributed by atoms with Gasteiger partial charge < -0.3 is 5.11 Å². The molecule has 1 N–H and O–H groups in total. The van der Waals surface area contributed by atoms with Gasteiger partial charge in [-0.2, -0.15) is 0 Å². The van der Waals surface area contributed by atoms with Crippen LogP contribution in [-0.2, 0) is 9.59 Å². The molecule has 1 aromatic carbocycles. The summed E-state index contributed by atoms with van der Waals surface area (Å²) in [6.07, 6.45) is 10.4. The molecular weight excluding hydrogens is 359 g/mol. The Balaban J connectivity index is 1.84. The number of hydrogen-bond donors (Lipinski definition) is 1. The van der Waals surface area contributed by atoms with Crippen molar-refractivity contribution in [3.8, 4) is 0 Å². The number of carboxylic acid groups (broad SMARTS) is 1. The van der Waals surface area contributed by atoms with Crippen LogP contribution in [0.5, 0.6) is 0 Å². The molecule has 3 nitrogen and oxygen atoms in total. The average Bonchev–Trinajstić information content (AvgIpc) is 2.88. The summed E-state index contributed by atoms with van der Waals surface area (Å²) >= 11 is 12.0. The number of aliphatic carboxylic acids is 1. The Bertz CT molecular complexity index is 620. The summed E-state index contributed by atoms with van der Waals surface area (Å²) in [6, 6.07) is 5.42. The van der Waals surface area contributed by atoms with Gasteiger partial charge in [0.05, 0.1) is 0 Å². The van der Waals surface area contributed by atoms with Gasteiger partial charge in [-0.1, -0.05) is 54.6 Å². The normalized spacial score (nSPS) is 20.5. The third-order valence-electron chi connectivity index (χ3n) is 4.73. The molecule has 1 saturated carbocycles. The smallest absolute Gasteiger partial charge is 0.303 e. The molecule has 0 radical (unpaired) electrons. The van der Waals surface area contributed by atoms with Crippen molar-refractivity contribution in [3.63, 3.8) is 0 Å². The van der Waals surface area contributed by atoms with Gasteiger partial charge in [0.25, 0.3) is 0 Å². The zero-order chi connectivity index (χ0) is 18.2. The lowest BCUT2D eigenvalue weighted by atomic mass is 9.89. The standard InChI is InChI=1S/C20H24Cl2O3/c21-16-11-14(12-17(22)13-16)7-8-15-9-10-19(23)18(15)5-3-1-2-4-6-20(24)25/h7-8,11-13,15,18H,1-6,9-10H2,(H,24,25)/b8-7+. The van der Waals surface area contributed by atoms with Crippen LogP contribution in [0.3, 0.4) is 0 Å². The maximum absolute atomic E-state index is 12.2. The SMILES string of the molecule is O=C(O)CCCCCCC1C(=O)CCC1/C=C/c1cc(Cl)cc(Cl)c1. The van der Waals surface area contributed by atoms with Gasteiger partial charge in [-0.05, 0) is 48.9 Å². The number of benzene rings is 1. The highest BCUT2D eigenvalue weighted by Gasteiger charge is 2.32. The minimum absolute atomic E-state index is 0.0883. The van der Waals surface area contributed by atoms with Gasteiger partial charge in [0, 0.05) is 28.8 Å². The highest BCUT2D eigenvalue weighted by Crippen LogP contribution is 2.34. The lowest BCUT2D eigenvalue weighted by Crippen LogP contribution is -2.13. The van der Waals surface area contributed by atoms with Crippen LogP contribution >= 0.6 is 23.2 Å². The van der Waals surface area contributed by atoms with Crippen molar-refractivity contribution < 1.29 is 14.7 Å². The van der Waals surface area contributed by atoms with Crippen molar-refractivity contribution in [1.29, 1.82) is 0 Å². The molecule has 1 aromatic rings. The van der Waals surface area contributed by atoms with Gasteiger partial charge in [-0.3, -0.25) is 9.59 Å². The summed E-state index contributed by atoms with van der Waals surface area (Å²) in [5, 5.41) is 9.84. The number of hydrogen-bond acceptors (Lipinski definition) is 2. The first kappa shape index (κ1) is 20.0. The fraction of sp³-hybridized carbons (Fsp3) is 0.500. The monoisotopic (exact) mass is 382 g/mol. The number of carbonyl (C=O) groups excluding carboxylic acids is 1. The highest BCUT2D eigenvalue weighted by molar-refractivity contribution is 6.34. The zero-order valence-corrected chi connectivity index (χ0v) is 15.7. The first-order chi connectivity index (χ1) is 12.0. The van der Waals surface area contributed by atoms with E-state index in [2.05, 4.69) is 6.08 Å². The quantitative estimate of drug-likeness (QED) is 0.530. The predicted octanol–water partition coefficient (Wildman–Crippen LogP) is 6.03. The summed E-state index contributed by atoms with van der Waals surface area (Å²) in [5.74, 6) is -0.0312. The largest absolute Gasteiger partial charge is 0.481 e. The first-order valence-corrected chi connectivity index (χ1v) is 9.60. The van der Waals surface area contributed by atoms with Crippen LogP contribution in [0, 0.1) is 11.8 Å². The highest BCUT2D eigenvalue weighted by atomic mass is 35.5. The van der Waals surface area contributed by atoms with Crippen LogP contribution < -0.4 is 0 Å². The van der Waals surface area contributed by atoms with E-state index in [0.29, 0.717) is 28.7 Å². The fourth-order valence-electron chi connectivity index (χ4n) is 3.44. The van der Waals surface area contributed by atoms with Gasteiger partial charge in [-0.25, -0.2) is 0 Å². The average molecular weight is 383 g/mol. The number of carbonyl (C=O) groups is 2. The van der Waals surface area contributed by atoms with Crippen molar-refractivity contribution in [2.24, 2.45) is 11.8 Å². The number of rotatable bonds is 9. The Morgan fingerprint density at radius 1 is 1.12 bits per heavy atom. The maximum Gasteiger partial charge on any atom is 0.303 e. The lowest BCUT2D eigenvalue weighted by molar-refractivity contribution is -0.137. The van der Waals surface area contributed by atoms with Gasteiger partial charge in [0.15, 0.2) is 0 Å². The number of ketones is 1. The Morgan fingerprint density at radius 3 is 2.48 bits per heavy atom. The molecule has 0 aliphatic heterocycles. The first-order valence-electron chi connectivity index (χ1n) is 8.84. The molecule has 5 heteroatoms. The topological polar surface area (TPSA) is 54.4 Å². The fourth-order valence-corrected chi connectivity index (χ4v) is 3.98. The van der Waals surface area contributed by atoms with E-state index in [1.807, 2.05) is 18.2 Å². The molecule has 2 rings (SSSR count). The van der Waals surface area contributed by atoms with E-state index in [9.17, 15) is 9.59 Å². The second-order valence-electron chi connectivity index (χ2n) is 6.68. The van der Waals surface area contributed by atoms with E-state index in [1.165, 1.54) is 0 Å². The van der Waals surface area contributed by atoms with Crippen LogP contribution in [-0.4, -0.2) is 16.9 Å². The van der Waals surface area contributed by atoms with E-state index < -0.39 is 5.97 Å². The summed E-state index contributed by atoms with van der Waals surface area (Å²) in [4.78, 5) is 22.6. The Morgan fingerprint density at radius 2 is 1.80 bits per heavy atom. The van der Waals surface area contributed by atoms with E-state index >= 15 is 0 Å². The molecule has 2 atom stereocenters. The van der Waals surface area contributed by atoms with Crippen LogP contribution in [0.2, 0.25) is 10.0 Å². The number of halogens is 2. The van der Waals surface area contributed by atoms with Crippen LogP contribution in [0.25, 0.3) is 6.08 Å². The van der Waals surface area contributed by atoms with Crippen LogP contribution in [0.1, 0.15) is 56.9 Å². The van der Waals surface area contributed by atoms with Gasteiger partial charge >= 0.3 is 5.97 Å². The molecule has 0 amide bonds. The molecule has 0 aromatic heterocycles. The molecule has 1 fully saturated rings. The predicted molar refractivity (Wildman–Crippen MR) is 102 cm³/mol. The second-order valence-corrected chi connectivity index (χ2v) is 7.56. The molecule has 1 aliphatic carbocycles. The molecule has 0 heterocycles. The zero-order valence-electron chi connectivity index (χ0n) is 14.2. The van der Waals surface area contributed by atoms with Gasteiger partial charge in [0.2, 0.25) is 0 Å². The summed E-state index contributed by atoms with van der Waals surface area (Å²) in [5.41, 5.74) is 0.948. The van der Waals surface area contributed by atoms with Crippen molar-refractivity contribution in [2.45, 2.75) is 51.4 Å². The minimum atomic E-state index is -0.739. The number of unbranched alkanes of at least 4 members (excludes halogenated alkanes) is 3. The van der Waals surface area contributed by atoms with Crippen molar-refractivity contribution in [1.82, 2.24) is 0 Å². The minimum Gasteiger partial charge on any atom is -0.481 e. The molecule has 136 valence electrons. The number of allylic oxidation sites excluding steroid dienone is 1. The van der Waals surface area contributed by atoms with E-state index in [0.717, 1.165) is 37.7 Å². The maximum atomic E-state index is 12.2. The third-order valence-corrected chi connectivity index (χ3v) is 5.17. The molecule has 0 bridgehead atoms. The summed E-state index contributed by atoms with van der Waals surface area (Å²) < 4.78 is 0. The van der Waals surface area contributed by atoms with E-state index in [1.54, 1.807) is 6.07 Å². The van der Waals surface area contributed by atoms with Crippen molar-refractivity contribution in [3.05, 3.63) is 39.9 Å². The molecular formula is C20H24Cl2O3. The molecule has 25 heavy (non-hydrogen) atoms. The van der Waals surface area contributed by atoms with Crippen LogP contribution in [0.15, 0.2) is 24.3 Å². The summed E-state index contributed by atoms with van der Waals surface area (Å²) in [6.45, 7) is 0. The summed E-state index contributed by atoms with van der Waals surface area (Å²) in [7, 11) is 0. The Hall–Kier alpha value is -1.32. The molecule has 0 saturated heterocycles. The van der Waals surface area contributed by atoms with Gasteiger partial charge in [0.1, 0.15) is 5.78 Å². The Labute approximate surface area is 159 Å². The molecule has 0 spiro atoms. The van der Waals surface area contributed by atoms with Crippen LogP contribution in [0.4, 0.5) is 0 Å².